The summed E-state index contributed by atoms with van der Waals surface area (Å²) in [5.74, 6) is 2.62. The summed E-state index contributed by atoms with van der Waals surface area (Å²) < 4.78 is 0. The molecule has 0 aliphatic heterocycles. The predicted octanol–water partition coefficient (Wildman–Crippen LogP) is 6.80. The molecule has 0 heterocycles. The number of carbonyl (C=O) groups is 1. The Morgan fingerprint density at radius 1 is 1.21 bits per heavy atom. The van der Waals surface area contributed by atoms with Crippen LogP contribution in [0.4, 0.5) is 0 Å². The summed E-state index contributed by atoms with van der Waals surface area (Å²) in [5, 5.41) is 10.0. The van der Waals surface area contributed by atoms with Gasteiger partial charge in [-0.2, -0.15) is 0 Å². The van der Waals surface area contributed by atoms with Gasteiger partial charge >= 0.3 is 0 Å². The third-order valence-electron chi connectivity index (χ3n) is 8.40. The number of ketones is 1. The van der Waals surface area contributed by atoms with Crippen molar-refractivity contribution in [3.05, 3.63) is 35.5 Å². The van der Waals surface area contributed by atoms with E-state index in [1.807, 2.05) is 13.8 Å². The lowest BCUT2D eigenvalue weighted by Gasteiger charge is -2.44. The van der Waals surface area contributed by atoms with Gasteiger partial charge in [-0.05, 0) is 86.5 Å². The number of allylic oxidation sites excluding steroid dienone is 4. The van der Waals surface area contributed by atoms with Crippen LogP contribution in [-0.4, -0.2) is 17.0 Å². The Kier molecular flexibility index (Phi) is 7.25. The average Bonchev–Trinajstić information content (AvgIpc) is 3.04. The number of fused-ring (bicyclic) bond motifs is 1. The van der Waals surface area contributed by atoms with Gasteiger partial charge in [-0.15, -0.1) is 0 Å². The van der Waals surface area contributed by atoms with Crippen LogP contribution in [0.25, 0.3) is 0 Å². The molecule has 0 radical (unpaired) electrons. The van der Waals surface area contributed by atoms with Crippen molar-refractivity contribution in [1.29, 1.82) is 0 Å². The van der Waals surface area contributed by atoms with Crippen molar-refractivity contribution in [3.8, 4) is 0 Å². The van der Waals surface area contributed by atoms with Gasteiger partial charge in [0, 0.05) is 12.3 Å². The summed E-state index contributed by atoms with van der Waals surface area (Å²) in [6.07, 6.45) is 15.2. The van der Waals surface area contributed by atoms with Crippen LogP contribution in [0.1, 0.15) is 91.9 Å². The van der Waals surface area contributed by atoms with Crippen LogP contribution in [0.5, 0.6) is 0 Å². The zero-order valence-electron chi connectivity index (χ0n) is 19.2. The summed E-state index contributed by atoms with van der Waals surface area (Å²) in [5.41, 5.74) is 4.45. The fourth-order valence-electron chi connectivity index (χ4n) is 6.47. The molecule has 3 fully saturated rings. The van der Waals surface area contributed by atoms with Gasteiger partial charge < -0.3 is 5.11 Å². The van der Waals surface area contributed by atoms with Crippen molar-refractivity contribution in [1.82, 2.24) is 0 Å². The van der Waals surface area contributed by atoms with E-state index in [-0.39, 0.29) is 12.0 Å². The molecule has 0 spiro atoms. The highest BCUT2D eigenvalue weighted by atomic mass is 16.3. The SMILES string of the molecule is C=C1CC[C@H](O)C/C1=C/C=C1CCC[C@@]2(C)C1CC[C@@H]2[C@H](C)CCC(=O)C(C)C. The first kappa shape index (κ1) is 22.5. The molecule has 0 amide bonds. The maximum atomic E-state index is 12.1. The highest BCUT2D eigenvalue weighted by molar-refractivity contribution is 5.80. The molecule has 0 aromatic heterocycles. The molecule has 1 unspecified atom stereocenters. The fraction of sp³-hybridized carbons (Fsp3) is 0.741. The van der Waals surface area contributed by atoms with E-state index in [0.29, 0.717) is 23.0 Å². The largest absolute Gasteiger partial charge is 0.393 e. The van der Waals surface area contributed by atoms with Gasteiger partial charge in [0.2, 0.25) is 0 Å². The molecule has 162 valence electrons. The maximum absolute atomic E-state index is 12.1. The zero-order valence-corrected chi connectivity index (χ0v) is 19.2. The third-order valence-corrected chi connectivity index (χ3v) is 8.40. The van der Waals surface area contributed by atoms with Crippen LogP contribution < -0.4 is 0 Å². The molecule has 3 rings (SSSR count). The van der Waals surface area contributed by atoms with Crippen molar-refractivity contribution < 1.29 is 9.90 Å². The average molecular weight is 399 g/mol. The van der Waals surface area contributed by atoms with Crippen LogP contribution in [0.15, 0.2) is 35.5 Å². The second-order valence-corrected chi connectivity index (χ2v) is 10.7. The van der Waals surface area contributed by atoms with Gasteiger partial charge in [0.1, 0.15) is 5.78 Å². The first-order valence-electron chi connectivity index (χ1n) is 12.0. The summed E-state index contributed by atoms with van der Waals surface area (Å²) in [6.45, 7) is 13.2. The molecule has 0 bridgehead atoms. The van der Waals surface area contributed by atoms with E-state index in [2.05, 4.69) is 32.6 Å². The molecule has 29 heavy (non-hydrogen) atoms. The van der Waals surface area contributed by atoms with Gasteiger partial charge in [-0.1, -0.05) is 57.6 Å². The van der Waals surface area contributed by atoms with Gasteiger partial charge in [0.05, 0.1) is 6.10 Å². The van der Waals surface area contributed by atoms with E-state index in [1.165, 1.54) is 43.3 Å². The monoisotopic (exact) mass is 398 g/mol. The predicted molar refractivity (Wildman–Crippen MR) is 122 cm³/mol. The highest BCUT2D eigenvalue weighted by Gasteiger charge is 2.50. The molecule has 3 aliphatic carbocycles. The Hall–Kier alpha value is -1.15. The van der Waals surface area contributed by atoms with Crippen LogP contribution in [0.2, 0.25) is 0 Å². The minimum absolute atomic E-state index is 0.166. The Morgan fingerprint density at radius 3 is 2.69 bits per heavy atom. The van der Waals surface area contributed by atoms with Crippen molar-refractivity contribution in [2.24, 2.45) is 29.1 Å². The van der Waals surface area contributed by atoms with Gasteiger partial charge in [-0.25, -0.2) is 0 Å². The highest BCUT2D eigenvalue weighted by Crippen LogP contribution is 2.59. The second-order valence-electron chi connectivity index (χ2n) is 10.7. The molecule has 0 aromatic carbocycles. The number of rotatable bonds is 6. The van der Waals surface area contributed by atoms with Gasteiger partial charge in [0.25, 0.3) is 0 Å². The number of aliphatic hydroxyl groups excluding tert-OH is 1. The van der Waals surface area contributed by atoms with E-state index < -0.39 is 0 Å². The second kappa shape index (κ2) is 9.33. The summed E-state index contributed by atoms with van der Waals surface area (Å²) in [7, 11) is 0. The lowest BCUT2D eigenvalue weighted by Crippen LogP contribution is -2.36. The summed E-state index contributed by atoms with van der Waals surface area (Å²) in [6, 6.07) is 0. The lowest BCUT2D eigenvalue weighted by molar-refractivity contribution is -0.122. The first-order chi connectivity index (χ1) is 13.7. The summed E-state index contributed by atoms with van der Waals surface area (Å²) in [4.78, 5) is 12.1. The van der Waals surface area contributed by atoms with E-state index in [0.717, 1.165) is 38.0 Å². The molecular weight excluding hydrogens is 356 g/mol. The number of carbonyl (C=O) groups excluding carboxylic acids is 1. The van der Waals surface area contributed by atoms with Crippen LogP contribution in [0, 0.1) is 29.1 Å². The van der Waals surface area contributed by atoms with E-state index in [1.54, 1.807) is 5.57 Å². The zero-order chi connectivity index (χ0) is 21.2. The lowest BCUT2D eigenvalue weighted by atomic mass is 9.60. The van der Waals surface area contributed by atoms with E-state index >= 15 is 0 Å². The van der Waals surface area contributed by atoms with Crippen molar-refractivity contribution in [2.75, 3.05) is 0 Å². The quantitative estimate of drug-likeness (QED) is 0.534. The molecule has 0 aromatic rings. The smallest absolute Gasteiger partial charge is 0.135 e. The Labute approximate surface area is 178 Å². The maximum Gasteiger partial charge on any atom is 0.135 e. The molecule has 5 atom stereocenters. The Morgan fingerprint density at radius 2 is 1.97 bits per heavy atom. The molecular formula is C27H42O2. The molecule has 2 nitrogen and oxygen atoms in total. The minimum atomic E-state index is -0.202. The van der Waals surface area contributed by atoms with Crippen LogP contribution in [0.3, 0.4) is 0 Å². The van der Waals surface area contributed by atoms with Gasteiger partial charge in [0.15, 0.2) is 0 Å². The minimum Gasteiger partial charge on any atom is -0.393 e. The van der Waals surface area contributed by atoms with Crippen molar-refractivity contribution in [2.45, 2.75) is 98.0 Å². The topological polar surface area (TPSA) is 37.3 Å². The number of aliphatic hydroxyl groups is 1. The summed E-state index contributed by atoms with van der Waals surface area (Å²) >= 11 is 0. The molecule has 0 saturated heterocycles. The first-order valence-corrected chi connectivity index (χ1v) is 12.0. The normalized spacial score (nSPS) is 36.6. The number of hydrogen-bond acceptors (Lipinski definition) is 2. The van der Waals surface area contributed by atoms with Crippen LogP contribution >= 0.6 is 0 Å². The Balaban J connectivity index is 1.71. The van der Waals surface area contributed by atoms with Crippen molar-refractivity contribution >= 4 is 5.78 Å². The molecule has 3 saturated carbocycles. The van der Waals surface area contributed by atoms with Crippen LogP contribution in [-0.2, 0) is 4.79 Å². The van der Waals surface area contributed by atoms with Crippen molar-refractivity contribution in [3.63, 3.8) is 0 Å². The van der Waals surface area contributed by atoms with E-state index in [9.17, 15) is 9.90 Å². The standard InChI is InChI=1S/C27H42O2/c1-18(2)26(29)15-9-20(4)24-13-14-25-21(7-6-16-27(24,25)5)10-11-22-17-23(28)12-8-19(22)3/h10-11,18,20,23-25,28H,3,6-9,12-17H2,1-2,4-5H3/b21-10?,22-11-/t20-,23+,24-,25?,27-/m1/s1. The molecule has 1 N–H and O–H groups in total. The Bertz CT molecular complexity index is 683. The molecule has 2 heteroatoms. The molecule has 3 aliphatic rings. The number of Topliss-reactive ketones (excluding diaryl/α,β-unsaturated/α-hetero) is 1. The third kappa shape index (κ3) is 4.95. The number of hydrogen-bond donors (Lipinski definition) is 1. The fourth-order valence-corrected chi connectivity index (χ4v) is 6.47. The van der Waals surface area contributed by atoms with E-state index in [4.69, 9.17) is 0 Å². The van der Waals surface area contributed by atoms with Gasteiger partial charge in [-0.3, -0.25) is 4.79 Å².